The number of rotatable bonds is 7. The number of sulfonamides is 1. The molecule has 0 aromatic heterocycles. The molecule has 0 heterocycles. The first-order valence-corrected chi connectivity index (χ1v) is 9.38. The van der Waals surface area contributed by atoms with Crippen molar-refractivity contribution in [1.82, 2.24) is 4.72 Å². The summed E-state index contributed by atoms with van der Waals surface area (Å²) in [5.74, 6) is 0.235. The van der Waals surface area contributed by atoms with Crippen LogP contribution >= 0.6 is 15.9 Å². The van der Waals surface area contributed by atoms with E-state index in [1.165, 1.54) is 19.2 Å². The number of carbonyl (C=O) groups is 1. The summed E-state index contributed by atoms with van der Waals surface area (Å²) in [5, 5.41) is 2.69. The Morgan fingerprint density at radius 3 is 2.46 bits per heavy atom. The highest BCUT2D eigenvalue weighted by molar-refractivity contribution is 9.10. The molecule has 0 aliphatic rings. The molecule has 2 aromatic carbocycles. The molecule has 6 nitrogen and oxygen atoms in total. The van der Waals surface area contributed by atoms with Crippen LogP contribution < -0.4 is 14.8 Å². The van der Waals surface area contributed by atoms with Crippen LogP contribution in [-0.4, -0.2) is 28.0 Å². The molecule has 0 fully saturated rings. The van der Waals surface area contributed by atoms with Crippen LogP contribution in [0.5, 0.6) is 5.75 Å². The summed E-state index contributed by atoms with van der Waals surface area (Å²) >= 11 is 3.25. The molecule has 1 amide bonds. The highest BCUT2D eigenvalue weighted by Crippen LogP contribution is 2.23. The van der Waals surface area contributed by atoms with Crippen molar-refractivity contribution in [3.05, 3.63) is 53.0 Å². The van der Waals surface area contributed by atoms with Crippen molar-refractivity contribution >= 4 is 37.5 Å². The van der Waals surface area contributed by atoms with Gasteiger partial charge in [-0.25, -0.2) is 13.1 Å². The van der Waals surface area contributed by atoms with Crippen LogP contribution in [0.15, 0.2) is 57.9 Å². The number of benzene rings is 2. The molecule has 2 aromatic rings. The summed E-state index contributed by atoms with van der Waals surface area (Å²) in [5.41, 5.74) is 0.542. The minimum absolute atomic E-state index is 0.000615. The van der Waals surface area contributed by atoms with Gasteiger partial charge in [0.15, 0.2) is 0 Å². The molecule has 0 unspecified atom stereocenters. The van der Waals surface area contributed by atoms with Crippen LogP contribution in [0.1, 0.15) is 6.42 Å². The van der Waals surface area contributed by atoms with Gasteiger partial charge in [-0.3, -0.25) is 4.79 Å². The Morgan fingerprint density at radius 2 is 1.79 bits per heavy atom. The predicted octanol–water partition coefficient (Wildman–Crippen LogP) is 2.76. The number of nitrogens with one attached hydrogen (secondary N) is 2. The average molecular weight is 413 g/mol. The average Bonchev–Trinajstić information content (AvgIpc) is 2.55. The lowest BCUT2D eigenvalue weighted by atomic mass is 10.3. The Balaban J connectivity index is 1.89. The number of anilines is 1. The van der Waals surface area contributed by atoms with Crippen molar-refractivity contribution in [3.8, 4) is 5.75 Å². The second-order valence-corrected chi connectivity index (χ2v) is 7.53. The van der Waals surface area contributed by atoms with Crippen LogP contribution in [0.25, 0.3) is 0 Å². The number of para-hydroxylation sites is 2. The zero-order chi connectivity index (χ0) is 17.6. The normalized spacial score (nSPS) is 11.1. The standard InChI is InChI=1S/C16H17BrN2O4S/c1-23-15-5-3-2-4-14(15)19-16(20)10-11-18-24(21,22)13-8-6-12(17)7-9-13/h2-9,18H,10-11H2,1H3,(H,19,20). The smallest absolute Gasteiger partial charge is 0.240 e. The van der Waals surface area contributed by atoms with Crippen LogP contribution in [0.3, 0.4) is 0 Å². The fraction of sp³-hybridized carbons (Fsp3) is 0.188. The number of carbonyl (C=O) groups excluding carboxylic acids is 1. The van der Waals surface area contributed by atoms with Gasteiger partial charge in [-0.05, 0) is 36.4 Å². The van der Waals surface area contributed by atoms with Crippen molar-refractivity contribution < 1.29 is 17.9 Å². The molecule has 8 heteroatoms. The van der Waals surface area contributed by atoms with E-state index in [0.717, 1.165) is 4.47 Å². The van der Waals surface area contributed by atoms with Crippen LogP contribution in [-0.2, 0) is 14.8 Å². The summed E-state index contributed by atoms with van der Waals surface area (Å²) in [6, 6.07) is 13.3. The van der Waals surface area contributed by atoms with Gasteiger partial charge >= 0.3 is 0 Å². The van der Waals surface area contributed by atoms with Gasteiger partial charge in [0.05, 0.1) is 17.7 Å². The van der Waals surface area contributed by atoms with Gasteiger partial charge in [0, 0.05) is 17.4 Å². The van der Waals surface area contributed by atoms with E-state index >= 15 is 0 Å². The largest absolute Gasteiger partial charge is 0.495 e. The molecule has 128 valence electrons. The fourth-order valence-electron chi connectivity index (χ4n) is 1.96. The number of hydrogen-bond donors (Lipinski definition) is 2. The molecule has 0 aliphatic carbocycles. The Hall–Kier alpha value is -1.90. The van der Waals surface area contributed by atoms with Gasteiger partial charge in [-0.15, -0.1) is 0 Å². The van der Waals surface area contributed by atoms with Crippen molar-refractivity contribution in [2.45, 2.75) is 11.3 Å². The predicted molar refractivity (Wildman–Crippen MR) is 95.6 cm³/mol. The molecule has 0 atom stereocenters. The highest BCUT2D eigenvalue weighted by Gasteiger charge is 2.14. The maximum Gasteiger partial charge on any atom is 0.240 e. The fourth-order valence-corrected chi connectivity index (χ4v) is 3.25. The molecule has 0 radical (unpaired) electrons. The van der Waals surface area contributed by atoms with E-state index in [2.05, 4.69) is 26.0 Å². The van der Waals surface area contributed by atoms with Crippen molar-refractivity contribution in [2.75, 3.05) is 19.0 Å². The SMILES string of the molecule is COc1ccccc1NC(=O)CCNS(=O)(=O)c1ccc(Br)cc1. The third kappa shape index (κ3) is 5.05. The second-order valence-electron chi connectivity index (χ2n) is 4.85. The lowest BCUT2D eigenvalue weighted by Gasteiger charge is -2.10. The third-order valence-corrected chi connectivity index (χ3v) is 5.15. The van der Waals surface area contributed by atoms with E-state index in [-0.39, 0.29) is 23.8 Å². The number of methoxy groups -OCH3 is 1. The molecule has 0 spiro atoms. The van der Waals surface area contributed by atoms with Crippen LogP contribution in [0.2, 0.25) is 0 Å². The van der Waals surface area contributed by atoms with Gasteiger partial charge in [-0.1, -0.05) is 28.1 Å². The summed E-state index contributed by atoms with van der Waals surface area (Å²) in [4.78, 5) is 12.1. The van der Waals surface area contributed by atoms with E-state index in [1.54, 1.807) is 36.4 Å². The maximum atomic E-state index is 12.1. The Bertz CT molecular complexity index is 807. The molecular weight excluding hydrogens is 396 g/mol. The summed E-state index contributed by atoms with van der Waals surface area (Å²) in [6.07, 6.45) is 0.00774. The van der Waals surface area contributed by atoms with Gasteiger partial charge in [0.25, 0.3) is 0 Å². The highest BCUT2D eigenvalue weighted by atomic mass is 79.9. The number of ether oxygens (including phenoxy) is 1. The van der Waals surface area contributed by atoms with Crippen LogP contribution in [0, 0.1) is 0 Å². The molecule has 24 heavy (non-hydrogen) atoms. The van der Waals surface area contributed by atoms with Crippen molar-refractivity contribution in [3.63, 3.8) is 0 Å². The first-order valence-electron chi connectivity index (χ1n) is 7.10. The summed E-state index contributed by atoms with van der Waals surface area (Å²) in [7, 11) is -2.12. The van der Waals surface area contributed by atoms with E-state index in [1.807, 2.05) is 0 Å². The number of amides is 1. The molecular formula is C16H17BrN2O4S. The van der Waals surface area contributed by atoms with Gasteiger partial charge < -0.3 is 10.1 Å². The van der Waals surface area contributed by atoms with E-state index in [0.29, 0.717) is 11.4 Å². The van der Waals surface area contributed by atoms with Gasteiger partial charge in [-0.2, -0.15) is 0 Å². The summed E-state index contributed by atoms with van der Waals surface area (Å²) < 4.78 is 32.5. The minimum Gasteiger partial charge on any atom is -0.495 e. The number of halogens is 1. The maximum absolute atomic E-state index is 12.1. The Kier molecular flexibility index (Phi) is 6.36. The third-order valence-electron chi connectivity index (χ3n) is 3.15. The molecule has 0 saturated carbocycles. The Labute approximate surface area is 149 Å². The zero-order valence-corrected chi connectivity index (χ0v) is 15.4. The molecule has 0 bridgehead atoms. The topological polar surface area (TPSA) is 84.5 Å². The minimum atomic E-state index is -3.63. The lowest BCUT2D eigenvalue weighted by Crippen LogP contribution is -2.27. The van der Waals surface area contributed by atoms with E-state index in [4.69, 9.17) is 4.74 Å². The molecule has 2 rings (SSSR count). The van der Waals surface area contributed by atoms with Crippen molar-refractivity contribution in [2.24, 2.45) is 0 Å². The lowest BCUT2D eigenvalue weighted by molar-refractivity contribution is -0.116. The molecule has 0 saturated heterocycles. The summed E-state index contributed by atoms with van der Waals surface area (Å²) in [6.45, 7) is -0.000615. The Morgan fingerprint density at radius 1 is 1.12 bits per heavy atom. The quantitative estimate of drug-likeness (QED) is 0.731. The monoisotopic (exact) mass is 412 g/mol. The first-order chi connectivity index (χ1) is 11.4. The zero-order valence-electron chi connectivity index (χ0n) is 13.0. The van der Waals surface area contributed by atoms with Gasteiger partial charge in [0.1, 0.15) is 5.75 Å². The van der Waals surface area contributed by atoms with Crippen LogP contribution in [0.4, 0.5) is 5.69 Å². The molecule has 0 aliphatic heterocycles. The second kappa shape index (κ2) is 8.27. The van der Waals surface area contributed by atoms with E-state index in [9.17, 15) is 13.2 Å². The van der Waals surface area contributed by atoms with Gasteiger partial charge in [0.2, 0.25) is 15.9 Å². The molecule has 2 N–H and O–H groups in total. The first kappa shape index (κ1) is 18.4. The van der Waals surface area contributed by atoms with E-state index < -0.39 is 10.0 Å². The van der Waals surface area contributed by atoms with Crippen molar-refractivity contribution in [1.29, 1.82) is 0 Å². The number of hydrogen-bond acceptors (Lipinski definition) is 4.